The number of hydrogen-bond acceptors (Lipinski definition) is 4. The molecule has 0 fully saturated rings. The summed E-state index contributed by atoms with van der Waals surface area (Å²) in [6, 6.07) is 7.21. The van der Waals surface area contributed by atoms with Crippen LogP contribution in [0.5, 0.6) is 0 Å². The Morgan fingerprint density at radius 1 is 1.35 bits per heavy atom. The van der Waals surface area contributed by atoms with Gasteiger partial charge in [-0.25, -0.2) is 0 Å². The van der Waals surface area contributed by atoms with E-state index in [-0.39, 0.29) is 0 Å². The molecule has 1 aliphatic heterocycles. The Morgan fingerprint density at radius 2 is 2.15 bits per heavy atom. The average molecular weight is 279 g/mol. The molecule has 0 aliphatic carbocycles. The van der Waals surface area contributed by atoms with Crippen LogP contribution in [-0.2, 0) is 20.7 Å². The van der Waals surface area contributed by atoms with E-state index in [2.05, 4.69) is 0 Å². The molecule has 0 amide bonds. The molecule has 5 nitrogen and oxygen atoms in total. The van der Waals surface area contributed by atoms with Gasteiger partial charge in [0.1, 0.15) is 6.04 Å². The third kappa shape index (κ3) is 3.56. The van der Waals surface area contributed by atoms with Gasteiger partial charge in [0.25, 0.3) is 0 Å². The molecule has 5 heteroatoms. The number of nitrogens with zero attached hydrogens (tertiary/aromatic N) is 1. The lowest BCUT2D eigenvalue weighted by atomic mass is 9.92. The molecule has 1 aromatic rings. The van der Waals surface area contributed by atoms with E-state index in [0.29, 0.717) is 26.4 Å². The number of hydrogen-bond donors (Lipinski definition) is 1. The second-order valence-electron chi connectivity index (χ2n) is 4.83. The molecule has 1 N–H and O–H groups in total. The average Bonchev–Trinajstić information content (AvgIpc) is 2.46. The molecule has 0 radical (unpaired) electrons. The molecule has 1 aromatic carbocycles. The SMILES string of the molecule is COCCOCCN1CCc2ccccc2C1C(=O)O. The van der Waals surface area contributed by atoms with Crippen LogP contribution in [0.25, 0.3) is 0 Å². The second-order valence-corrected chi connectivity index (χ2v) is 4.83. The van der Waals surface area contributed by atoms with Crippen LogP contribution in [0.2, 0.25) is 0 Å². The smallest absolute Gasteiger partial charge is 0.325 e. The molecule has 0 bridgehead atoms. The Balaban J connectivity index is 1.98. The highest BCUT2D eigenvalue weighted by molar-refractivity contribution is 5.76. The zero-order valence-corrected chi connectivity index (χ0v) is 11.7. The van der Waals surface area contributed by atoms with E-state index in [4.69, 9.17) is 9.47 Å². The molecule has 0 saturated heterocycles. The van der Waals surface area contributed by atoms with Crippen LogP contribution >= 0.6 is 0 Å². The number of methoxy groups -OCH3 is 1. The topological polar surface area (TPSA) is 59.0 Å². The molecule has 20 heavy (non-hydrogen) atoms. The van der Waals surface area contributed by atoms with E-state index in [9.17, 15) is 9.90 Å². The predicted octanol–water partition coefficient (Wildman–Crippen LogP) is 1.33. The summed E-state index contributed by atoms with van der Waals surface area (Å²) in [5.41, 5.74) is 2.04. The first kappa shape index (κ1) is 15.0. The summed E-state index contributed by atoms with van der Waals surface area (Å²) in [6.45, 7) is 3.00. The highest BCUT2D eigenvalue weighted by Gasteiger charge is 2.32. The molecule has 1 heterocycles. The van der Waals surface area contributed by atoms with E-state index < -0.39 is 12.0 Å². The minimum absolute atomic E-state index is 0.523. The number of carbonyl (C=O) groups is 1. The molecule has 1 atom stereocenters. The maximum atomic E-state index is 11.6. The van der Waals surface area contributed by atoms with Crippen LogP contribution < -0.4 is 0 Å². The van der Waals surface area contributed by atoms with Crippen LogP contribution in [0.4, 0.5) is 0 Å². The van der Waals surface area contributed by atoms with Gasteiger partial charge in [0.05, 0.1) is 19.8 Å². The normalized spacial score (nSPS) is 18.8. The molecule has 110 valence electrons. The van der Waals surface area contributed by atoms with Crippen molar-refractivity contribution in [1.29, 1.82) is 0 Å². The molecular formula is C15H21NO4. The Bertz CT molecular complexity index is 449. The van der Waals surface area contributed by atoms with Gasteiger partial charge < -0.3 is 14.6 Å². The van der Waals surface area contributed by atoms with Crippen molar-refractivity contribution < 1.29 is 19.4 Å². The highest BCUT2D eigenvalue weighted by Crippen LogP contribution is 2.29. The largest absolute Gasteiger partial charge is 0.480 e. The number of rotatable bonds is 7. The molecule has 1 unspecified atom stereocenters. The lowest BCUT2D eigenvalue weighted by molar-refractivity contribution is -0.144. The van der Waals surface area contributed by atoms with Crippen molar-refractivity contribution in [2.75, 3.05) is 40.0 Å². The Kier molecular flexibility index (Phi) is 5.52. The summed E-state index contributed by atoms with van der Waals surface area (Å²) in [7, 11) is 1.63. The number of benzene rings is 1. The summed E-state index contributed by atoms with van der Waals surface area (Å²) in [5, 5.41) is 9.49. The van der Waals surface area contributed by atoms with Crippen LogP contribution in [-0.4, -0.2) is 56.0 Å². The zero-order valence-electron chi connectivity index (χ0n) is 11.7. The first-order chi connectivity index (χ1) is 9.74. The highest BCUT2D eigenvalue weighted by atomic mass is 16.5. The van der Waals surface area contributed by atoms with E-state index in [1.54, 1.807) is 7.11 Å². The van der Waals surface area contributed by atoms with Gasteiger partial charge in [-0.1, -0.05) is 24.3 Å². The number of ether oxygens (including phenoxy) is 2. The third-order valence-electron chi connectivity index (χ3n) is 3.57. The van der Waals surface area contributed by atoms with E-state index in [0.717, 1.165) is 24.1 Å². The molecule has 0 spiro atoms. The Morgan fingerprint density at radius 3 is 2.90 bits per heavy atom. The van der Waals surface area contributed by atoms with Crippen LogP contribution in [0.1, 0.15) is 17.2 Å². The van der Waals surface area contributed by atoms with Crippen molar-refractivity contribution in [3.63, 3.8) is 0 Å². The van der Waals surface area contributed by atoms with Gasteiger partial charge in [-0.3, -0.25) is 9.69 Å². The lowest BCUT2D eigenvalue weighted by Crippen LogP contribution is -2.41. The van der Waals surface area contributed by atoms with E-state index in [1.165, 1.54) is 0 Å². The summed E-state index contributed by atoms with van der Waals surface area (Å²) < 4.78 is 10.3. The number of fused-ring (bicyclic) bond motifs is 1. The van der Waals surface area contributed by atoms with Crippen molar-refractivity contribution >= 4 is 5.97 Å². The standard InChI is InChI=1S/C15H21NO4/c1-19-10-11-20-9-8-16-7-6-12-4-2-3-5-13(12)14(16)15(17)18/h2-5,14H,6-11H2,1H3,(H,17,18). The number of carboxylic acids is 1. The van der Waals surface area contributed by atoms with Gasteiger partial charge >= 0.3 is 5.97 Å². The monoisotopic (exact) mass is 279 g/mol. The number of aliphatic carboxylic acids is 1. The van der Waals surface area contributed by atoms with Gasteiger partial charge in [0, 0.05) is 20.2 Å². The van der Waals surface area contributed by atoms with Crippen molar-refractivity contribution in [2.45, 2.75) is 12.5 Å². The zero-order chi connectivity index (χ0) is 14.4. The van der Waals surface area contributed by atoms with Gasteiger partial charge in [-0.15, -0.1) is 0 Å². The molecule has 0 saturated carbocycles. The minimum atomic E-state index is -0.797. The summed E-state index contributed by atoms with van der Waals surface area (Å²) >= 11 is 0. The fourth-order valence-electron chi connectivity index (χ4n) is 2.57. The maximum Gasteiger partial charge on any atom is 0.325 e. The third-order valence-corrected chi connectivity index (χ3v) is 3.57. The maximum absolute atomic E-state index is 11.6. The molecule has 0 aromatic heterocycles. The van der Waals surface area contributed by atoms with E-state index >= 15 is 0 Å². The Labute approximate surface area is 119 Å². The Hall–Kier alpha value is -1.43. The predicted molar refractivity (Wildman–Crippen MR) is 74.8 cm³/mol. The number of carboxylic acid groups (broad SMARTS) is 1. The van der Waals surface area contributed by atoms with Crippen LogP contribution in [0.15, 0.2) is 24.3 Å². The van der Waals surface area contributed by atoms with Crippen LogP contribution in [0.3, 0.4) is 0 Å². The van der Waals surface area contributed by atoms with Gasteiger partial charge in [-0.05, 0) is 17.5 Å². The lowest BCUT2D eigenvalue weighted by Gasteiger charge is -2.34. The molecular weight excluding hydrogens is 258 g/mol. The van der Waals surface area contributed by atoms with Crippen LogP contribution in [0, 0.1) is 0 Å². The van der Waals surface area contributed by atoms with Gasteiger partial charge in [-0.2, -0.15) is 0 Å². The van der Waals surface area contributed by atoms with Crippen molar-refractivity contribution in [2.24, 2.45) is 0 Å². The fraction of sp³-hybridized carbons (Fsp3) is 0.533. The molecule has 2 rings (SSSR count). The fourth-order valence-corrected chi connectivity index (χ4v) is 2.57. The first-order valence-electron chi connectivity index (χ1n) is 6.85. The van der Waals surface area contributed by atoms with Crippen molar-refractivity contribution in [1.82, 2.24) is 4.90 Å². The first-order valence-corrected chi connectivity index (χ1v) is 6.85. The van der Waals surface area contributed by atoms with Crippen molar-refractivity contribution in [3.05, 3.63) is 35.4 Å². The minimum Gasteiger partial charge on any atom is -0.480 e. The summed E-state index contributed by atoms with van der Waals surface area (Å²) in [6.07, 6.45) is 0.887. The summed E-state index contributed by atoms with van der Waals surface area (Å²) in [5.74, 6) is -0.797. The van der Waals surface area contributed by atoms with Gasteiger partial charge in [0.15, 0.2) is 0 Å². The summed E-state index contributed by atoms with van der Waals surface area (Å²) in [4.78, 5) is 13.5. The van der Waals surface area contributed by atoms with Gasteiger partial charge in [0.2, 0.25) is 0 Å². The second kappa shape index (κ2) is 7.38. The van der Waals surface area contributed by atoms with E-state index in [1.807, 2.05) is 29.2 Å². The quantitative estimate of drug-likeness (QED) is 0.763. The van der Waals surface area contributed by atoms with Crippen molar-refractivity contribution in [3.8, 4) is 0 Å². The molecule has 1 aliphatic rings.